The first-order valence-corrected chi connectivity index (χ1v) is 7.66. The Bertz CT molecular complexity index is 458. The van der Waals surface area contributed by atoms with Crippen molar-refractivity contribution in [2.45, 2.75) is 37.6 Å². The van der Waals surface area contributed by atoms with Crippen LogP contribution in [0.3, 0.4) is 0 Å². The highest BCUT2D eigenvalue weighted by Gasteiger charge is 2.66. The SMILES string of the molecule is c1ncn(C2C3C4CCC(C4)C32)c1C1CCNC1. The normalized spacial score (nSPS) is 48.7. The molecule has 0 amide bonds. The number of rotatable bonds is 2. The number of nitrogens with zero attached hydrogens (tertiary/aromatic N) is 2. The zero-order valence-electron chi connectivity index (χ0n) is 10.8. The number of fused-ring (bicyclic) bond motifs is 5. The zero-order chi connectivity index (χ0) is 11.7. The molecule has 1 saturated heterocycles. The molecule has 0 radical (unpaired) electrons. The Labute approximate surface area is 108 Å². The molecular formula is C15H21N3. The number of imidazole rings is 1. The van der Waals surface area contributed by atoms with Crippen molar-refractivity contribution in [3.05, 3.63) is 18.2 Å². The summed E-state index contributed by atoms with van der Waals surface area (Å²) in [5, 5.41) is 3.49. The van der Waals surface area contributed by atoms with Gasteiger partial charge in [0.05, 0.1) is 6.33 Å². The lowest BCUT2D eigenvalue weighted by Gasteiger charge is -2.16. The largest absolute Gasteiger partial charge is 0.331 e. The second-order valence-electron chi connectivity index (χ2n) is 6.89. The average molecular weight is 243 g/mol. The van der Waals surface area contributed by atoms with Crippen LogP contribution in [-0.4, -0.2) is 22.6 Å². The summed E-state index contributed by atoms with van der Waals surface area (Å²) in [6, 6.07) is 0.828. The molecule has 3 nitrogen and oxygen atoms in total. The average Bonchev–Trinajstić information content (AvgIpc) is 2.97. The Morgan fingerprint density at radius 3 is 2.72 bits per heavy atom. The minimum Gasteiger partial charge on any atom is -0.331 e. The summed E-state index contributed by atoms with van der Waals surface area (Å²) >= 11 is 0. The third kappa shape index (κ3) is 1.16. The number of aromatic nitrogens is 2. The summed E-state index contributed by atoms with van der Waals surface area (Å²) in [5.41, 5.74) is 1.51. The summed E-state index contributed by atoms with van der Waals surface area (Å²) in [7, 11) is 0. The Morgan fingerprint density at radius 1 is 1.17 bits per heavy atom. The van der Waals surface area contributed by atoms with E-state index >= 15 is 0 Å². The van der Waals surface area contributed by atoms with Gasteiger partial charge < -0.3 is 9.88 Å². The molecule has 4 aliphatic rings. The van der Waals surface area contributed by atoms with Crippen LogP contribution >= 0.6 is 0 Å². The van der Waals surface area contributed by atoms with E-state index < -0.39 is 0 Å². The fourth-order valence-electron chi connectivity index (χ4n) is 5.44. The first-order chi connectivity index (χ1) is 8.93. The van der Waals surface area contributed by atoms with Gasteiger partial charge in [0.1, 0.15) is 0 Å². The maximum absolute atomic E-state index is 4.46. The molecule has 18 heavy (non-hydrogen) atoms. The molecule has 5 atom stereocenters. The second kappa shape index (κ2) is 3.38. The predicted molar refractivity (Wildman–Crippen MR) is 69.3 cm³/mol. The van der Waals surface area contributed by atoms with Crippen molar-refractivity contribution in [1.29, 1.82) is 0 Å². The lowest BCUT2D eigenvalue weighted by molar-refractivity contribution is 0.442. The maximum Gasteiger partial charge on any atom is 0.0951 e. The first kappa shape index (κ1) is 10.0. The van der Waals surface area contributed by atoms with E-state index in [-0.39, 0.29) is 0 Å². The van der Waals surface area contributed by atoms with Gasteiger partial charge >= 0.3 is 0 Å². The van der Waals surface area contributed by atoms with Gasteiger partial charge in [-0.05, 0) is 55.9 Å². The van der Waals surface area contributed by atoms with Crippen LogP contribution in [0, 0.1) is 23.7 Å². The maximum atomic E-state index is 4.46. The van der Waals surface area contributed by atoms with Crippen LogP contribution in [0.2, 0.25) is 0 Å². The Hall–Kier alpha value is -0.830. The smallest absolute Gasteiger partial charge is 0.0951 e. The van der Waals surface area contributed by atoms with Crippen molar-refractivity contribution in [2.24, 2.45) is 23.7 Å². The summed E-state index contributed by atoms with van der Waals surface area (Å²) in [4.78, 5) is 4.46. The van der Waals surface area contributed by atoms with E-state index in [1.807, 2.05) is 0 Å². The summed E-state index contributed by atoms with van der Waals surface area (Å²) in [5.74, 6) is 4.87. The van der Waals surface area contributed by atoms with Crippen LogP contribution in [0.15, 0.2) is 12.5 Å². The van der Waals surface area contributed by atoms with Gasteiger partial charge in [0.15, 0.2) is 0 Å². The Kier molecular flexibility index (Phi) is 1.88. The van der Waals surface area contributed by atoms with Crippen LogP contribution in [0.25, 0.3) is 0 Å². The molecule has 2 bridgehead atoms. The quantitative estimate of drug-likeness (QED) is 0.863. The highest BCUT2D eigenvalue weighted by molar-refractivity contribution is 5.20. The van der Waals surface area contributed by atoms with Crippen LogP contribution in [0.5, 0.6) is 0 Å². The Balaban J connectivity index is 1.47. The molecule has 1 N–H and O–H groups in total. The van der Waals surface area contributed by atoms with E-state index in [4.69, 9.17) is 0 Å². The van der Waals surface area contributed by atoms with Crippen LogP contribution in [0.4, 0.5) is 0 Å². The molecular weight excluding hydrogens is 222 g/mol. The highest BCUT2D eigenvalue weighted by Crippen LogP contribution is 2.71. The third-order valence-corrected chi connectivity index (χ3v) is 6.19. The summed E-state index contributed by atoms with van der Waals surface area (Å²) < 4.78 is 2.57. The van der Waals surface area contributed by atoms with Crippen LogP contribution in [-0.2, 0) is 0 Å². The molecule has 0 aromatic carbocycles. The molecule has 4 fully saturated rings. The monoisotopic (exact) mass is 243 g/mol. The third-order valence-electron chi connectivity index (χ3n) is 6.19. The van der Waals surface area contributed by atoms with E-state index in [0.29, 0.717) is 5.92 Å². The predicted octanol–water partition coefficient (Wildman–Crippen LogP) is 2.18. The van der Waals surface area contributed by atoms with Gasteiger partial charge in [0.25, 0.3) is 0 Å². The molecule has 5 unspecified atom stereocenters. The molecule has 5 rings (SSSR count). The molecule has 3 saturated carbocycles. The van der Waals surface area contributed by atoms with Crippen molar-refractivity contribution < 1.29 is 0 Å². The number of hydrogen-bond donors (Lipinski definition) is 1. The van der Waals surface area contributed by atoms with Gasteiger partial charge in [0, 0.05) is 30.4 Å². The minimum atomic E-state index is 0.714. The lowest BCUT2D eigenvalue weighted by Crippen LogP contribution is -2.13. The van der Waals surface area contributed by atoms with E-state index in [2.05, 4.69) is 27.4 Å². The minimum absolute atomic E-state index is 0.714. The van der Waals surface area contributed by atoms with Gasteiger partial charge in [-0.25, -0.2) is 4.98 Å². The fourth-order valence-corrected chi connectivity index (χ4v) is 5.44. The molecule has 1 aliphatic heterocycles. The second-order valence-corrected chi connectivity index (χ2v) is 6.89. The molecule has 3 aliphatic carbocycles. The van der Waals surface area contributed by atoms with E-state index in [1.54, 1.807) is 6.42 Å². The van der Waals surface area contributed by atoms with Crippen molar-refractivity contribution in [2.75, 3.05) is 13.1 Å². The van der Waals surface area contributed by atoms with E-state index in [0.717, 1.165) is 36.3 Å². The van der Waals surface area contributed by atoms with Crippen molar-refractivity contribution in [1.82, 2.24) is 14.9 Å². The molecule has 96 valence electrons. The van der Waals surface area contributed by atoms with Gasteiger partial charge in [-0.1, -0.05) is 0 Å². The van der Waals surface area contributed by atoms with E-state index in [9.17, 15) is 0 Å². The molecule has 0 spiro atoms. The molecule has 1 aromatic rings. The van der Waals surface area contributed by atoms with Crippen molar-refractivity contribution >= 4 is 0 Å². The number of hydrogen-bond acceptors (Lipinski definition) is 2. The van der Waals surface area contributed by atoms with Crippen LogP contribution < -0.4 is 5.32 Å². The zero-order valence-corrected chi connectivity index (χ0v) is 10.8. The summed E-state index contributed by atoms with van der Waals surface area (Å²) in [6.45, 7) is 2.33. The topological polar surface area (TPSA) is 29.9 Å². The molecule has 1 aromatic heterocycles. The van der Waals surface area contributed by atoms with Gasteiger partial charge in [-0.2, -0.15) is 0 Å². The van der Waals surface area contributed by atoms with Crippen molar-refractivity contribution in [3.8, 4) is 0 Å². The standard InChI is InChI=1S/C15H21N3/c1-2-10-5-9(1)13-14(10)15(13)18-8-17-7-12(18)11-3-4-16-6-11/h7-11,13-16H,1-6H2. The van der Waals surface area contributed by atoms with Crippen LogP contribution in [0.1, 0.15) is 43.3 Å². The first-order valence-electron chi connectivity index (χ1n) is 7.66. The number of nitrogens with one attached hydrogen (secondary N) is 1. The summed E-state index contributed by atoms with van der Waals surface area (Å²) in [6.07, 6.45) is 10.1. The lowest BCUT2D eigenvalue weighted by atomic mass is 10.0. The van der Waals surface area contributed by atoms with Crippen molar-refractivity contribution in [3.63, 3.8) is 0 Å². The van der Waals surface area contributed by atoms with E-state index in [1.165, 1.54) is 31.5 Å². The Morgan fingerprint density at radius 2 is 2.00 bits per heavy atom. The van der Waals surface area contributed by atoms with Gasteiger partial charge in [-0.3, -0.25) is 0 Å². The molecule has 3 heteroatoms. The van der Waals surface area contributed by atoms with Gasteiger partial charge in [0.2, 0.25) is 0 Å². The fraction of sp³-hybridized carbons (Fsp3) is 0.800. The molecule has 2 heterocycles. The van der Waals surface area contributed by atoms with Gasteiger partial charge in [-0.15, -0.1) is 0 Å². The highest BCUT2D eigenvalue weighted by atomic mass is 15.1.